The Morgan fingerprint density at radius 1 is 1.15 bits per heavy atom. The highest BCUT2D eigenvalue weighted by molar-refractivity contribution is 5.77. The molecule has 1 aliphatic heterocycles. The monoisotopic (exact) mass is 270 g/mol. The van der Waals surface area contributed by atoms with Crippen molar-refractivity contribution in [1.82, 2.24) is 15.3 Å². The van der Waals surface area contributed by atoms with Gasteiger partial charge in [-0.1, -0.05) is 12.1 Å². The van der Waals surface area contributed by atoms with Crippen molar-refractivity contribution in [2.45, 2.75) is 31.7 Å². The number of aromatic amines is 1. The molecule has 4 rings (SSSR count). The molecule has 4 heteroatoms. The zero-order valence-corrected chi connectivity index (χ0v) is 11.8. The van der Waals surface area contributed by atoms with E-state index in [-0.39, 0.29) is 0 Å². The van der Waals surface area contributed by atoms with E-state index in [0.29, 0.717) is 6.04 Å². The van der Waals surface area contributed by atoms with Gasteiger partial charge in [0, 0.05) is 19.1 Å². The van der Waals surface area contributed by atoms with Crippen LogP contribution in [0.15, 0.2) is 24.3 Å². The molecule has 2 aliphatic rings. The first-order valence-electron chi connectivity index (χ1n) is 7.81. The lowest BCUT2D eigenvalue weighted by Gasteiger charge is -2.32. The van der Waals surface area contributed by atoms with E-state index < -0.39 is 0 Å². The molecule has 0 atom stereocenters. The van der Waals surface area contributed by atoms with Crippen molar-refractivity contribution in [3.63, 3.8) is 0 Å². The zero-order chi connectivity index (χ0) is 13.4. The van der Waals surface area contributed by atoms with E-state index in [9.17, 15) is 0 Å². The molecule has 1 aromatic carbocycles. The first-order chi connectivity index (χ1) is 9.88. The summed E-state index contributed by atoms with van der Waals surface area (Å²) in [7, 11) is 0. The quantitative estimate of drug-likeness (QED) is 0.897. The Hall–Kier alpha value is -1.55. The minimum absolute atomic E-state index is 0.705. The van der Waals surface area contributed by atoms with Crippen LogP contribution in [0, 0.1) is 5.92 Å². The molecular weight excluding hydrogens is 248 g/mol. The summed E-state index contributed by atoms with van der Waals surface area (Å²) in [5.41, 5.74) is 2.20. The number of imidazole rings is 1. The van der Waals surface area contributed by atoms with Gasteiger partial charge < -0.3 is 15.2 Å². The Bertz CT molecular complexity index is 546. The van der Waals surface area contributed by atoms with Crippen molar-refractivity contribution in [2.75, 3.05) is 24.5 Å². The number of nitrogens with one attached hydrogen (secondary N) is 2. The molecule has 0 spiro atoms. The molecule has 2 aromatic rings. The van der Waals surface area contributed by atoms with E-state index in [1.54, 1.807) is 0 Å². The number of hydrogen-bond acceptors (Lipinski definition) is 3. The molecular formula is C16H22N4. The van der Waals surface area contributed by atoms with Crippen LogP contribution in [0.1, 0.15) is 25.7 Å². The molecule has 0 bridgehead atoms. The van der Waals surface area contributed by atoms with E-state index in [1.165, 1.54) is 32.2 Å². The van der Waals surface area contributed by atoms with Crippen LogP contribution in [0.5, 0.6) is 0 Å². The maximum atomic E-state index is 4.70. The normalized spacial score (nSPS) is 20.7. The fourth-order valence-electron chi connectivity index (χ4n) is 3.04. The molecule has 4 nitrogen and oxygen atoms in total. The van der Waals surface area contributed by atoms with Crippen molar-refractivity contribution in [2.24, 2.45) is 5.92 Å². The number of rotatable bonds is 4. The third-order valence-corrected chi connectivity index (χ3v) is 4.56. The molecule has 2 heterocycles. The maximum absolute atomic E-state index is 4.70. The van der Waals surface area contributed by atoms with Gasteiger partial charge in [0.05, 0.1) is 11.0 Å². The average molecular weight is 270 g/mol. The summed E-state index contributed by atoms with van der Waals surface area (Å²) >= 11 is 0. The highest BCUT2D eigenvalue weighted by Crippen LogP contribution is 2.28. The summed E-state index contributed by atoms with van der Waals surface area (Å²) in [5.74, 6) is 2.01. The third-order valence-electron chi connectivity index (χ3n) is 4.56. The van der Waals surface area contributed by atoms with Crippen molar-refractivity contribution < 1.29 is 0 Å². The van der Waals surface area contributed by atoms with Gasteiger partial charge in [0.2, 0.25) is 5.95 Å². The van der Waals surface area contributed by atoms with Crippen LogP contribution in [0.25, 0.3) is 11.0 Å². The Balaban J connectivity index is 1.37. The van der Waals surface area contributed by atoms with Crippen LogP contribution in [-0.4, -0.2) is 35.6 Å². The summed E-state index contributed by atoms with van der Waals surface area (Å²) in [6.45, 7) is 3.43. The fraction of sp³-hybridized carbons (Fsp3) is 0.562. The molecule has 0 amide bonds. The summed E-state index contributed by atoms with van der Waals surface area (Å²) in [6, 6.07) is 8.96. The zero-order valence-electron chi connectivity index (χ0n) is 11.8. The second-order valence-electron chi connectivity index (χ2n) is 6.19. The van der Waals surface area contributed by atoms with Crippen LogP contribution in [-0.2, 0) is 0 Å². The number of para-hydroxylation sites is 2. The predicted octanol–water partition coefficient (Wildman–Crippen LogP) is 2.53. The topological polar surface area (TPSA) is 44.0 Å². The van der Waals surface area contributed by atoms with Crippen molar-refractivity contribution >= 4 is 17.0 Å². The summed E-state index contributed by atoms with van der Waals surface area (Å²) in [5, 5.41) is 3.72. The number of hydrogen-bond donors (Lipinski definition) is 2. The molecule has 2 N–H and O–H groups in total. The predicted molar refractivity (Wildman–Crippen MR) is 82.1 cm³/mol. The summed E-state index contributed by atoms with van der Waals surface area (Å²) in [4.78, 5) is 10.5. The Morgan fingerprint density at radius 3 is 2.70 bits per heavy atom. The van der Waals surface area contributed by atoms with Gasteiger partial charge in [-0.15, -0.1) is 0 Å². The molecule has 20 heavy (non-hydrogen) atoms. The van der Waals surface area contributed by atoms with Crippen LogP contribution < -0.4 is 10.2 Å². The number of benzene rings is 1. The molecule has 1 saturated carbocycles. The van der Waals surface area contributed by atoms with Crippen LogP contribution >= 0.6 is 0 Å². The Kier molecular flexibility index (Phi) is 3.11. The molecule has 2 fully saturated rings. The summed E-state index contributed by atoms with van der Waals surface area (Å²) < 4.78 is 0. The van der Waals surface area contributed by atoms with Crippen LogP contribution in [0.2, 0.25) is 0 Å². The lowest BCUT2D eigenvalue weighted by atomic mass is 10.1. The van der Waals surface area contributed by atoms with Gasteiger partial charge in [-0.3, -0.25) is 0 Å². The third kappa shape index (κ3) is 2.52. The van der Waals surface area contributed by atoms with Gasteiger partial charge in [-0.25, -0.2) is 4.98 Å². The van der Waals surface area contributed by atoms with E-state index >= 15 is 0 Å². The lowest BCUT2D eigenvalue weighted by molar-refractivity contribution is 0.407. The van der Waals surface area contributed by atoms with Crippen LogP contribution in [0.4, 0.5) is 5.95 Å². The molecule has 1 saturated heterocycles. The van der Waals surface area contributed by atoms with Gasteiger partial charge >= 0.3 is 0 Å². The minimum atomic E-state index is 0.705. The molecule has 0 radical (unpaired) electrons. The largest absolute Gasteiger partial charge is 0.342 e. The number of aromatic nitrogens is 2. The fourth-order valence-corrected chi connectivity index (χ4v) is 3.04. The smallest absolute Gasteiger partial charge is 0.203 e. The number of nitrogens with zero attached hydrogens (tertiary/aromatic N) is 2. The number of H-pyrrole nitrogens is 1. The van der Waals surface area contributed by atoms with E-state index in [0.717, 1.165) is 36.0 Å². The van der Waals surface area contributed by atoms with Crippen molar-refractivity contribution in [3.05, 3.63) is 24.3 Å². The number of anilines is 1. The lowest BCUT2D eigenvalue weighted by Crippen LogP contribution is -2.43. The second-order valence-corrected chi connectivity index (χ2v) is 6.19. The maximum Gasteiger partial charge on any atom is 0.203 e. The van der Waals surface area contributed by atoms with E-state index in [2.05, 4.69) is 33.4 Å². The molecule has 0 unspecified atom stereocenters. The molecule has 106 valence electrons. The van der Waals surface area contributed by atoms with Gasteiger partial charge in [-0.05, 0) is 50.3 Å². The van der Waals surface area contributed by atoms with Gasteiger partial charge in [0.1, 0.15) is 0 Å². The highest BCUT2D eigenvalue weighted by atomic mass is 15.3. The summed E-state index contributed by atoms with van der Waals surface area (Å²) in [6.07, 6.45) is 5.32. The van der Waals surface area contributed by atoms with Crippen molar-refractivity contribution in [3.8, 4) is 0 Å². The number of piperidine rings is 1. The van der Waals surface area contributed by atoms with Crippen LogP contribution in [0.3, 0.4) is 0 Å². The standard InChI is InChI=1S/C16H22N4/c1-2-4-15-14(3-1)18-16(19-15)20-9-7-13(8-10-20)17-11-12-5-6-12/h1-4,12-13,17H,5-11H2,(H,18,19). The minimum Gasteiger partial charge on any atom is -0.342 e. The first kappa shape index (κ1) is 12.2. The Morgan fingerprint density at radius 2 is 1.95 bits per heavy atom. The first-order valence-corrected chi connectivity index (χ1v) is 7.81. The second kappa shape index (κ2) is 5.09. The van der Waals surface area contributed by atoms with E-state index in [1.807, 2.05) is 6.07 Å². The van der Waals surface area contributed by atoms with Gasteiger partial charge in [-0.2, -0.15) is 0 Å². The Labute approximate surface area is 119 Å². The highest BCUT2D eigenvalue weighted by Gasteiger charge is 2.25. The molecule has 1 aromatic heterocycles. The number of fused-ring (bicyclic) bond motifs is 1. The SMILES string of the molecule is c1ccc2[nH]c(N3CCC(NCC4CC4)CC3)nc2c1. The van der Waals surface area contributed by atoms with Crippen molar-refractivity contribution in [1.29, 1.82) is 0 Å². The average Bonchev–Trinajstić information content (AvgIpc) is 3.22. The van der Waals surface area contributed by atoms with Gasteiger partial charge in [0.25, 0.3) is 0 Å². The van der Waals surface area contributed by atoms with Gasteiger partial charge in [0.15, 0.2) is 0 Å². The molecule has 1 aliphatic carbocycles. The van der Waals surface area contributed by atoms with E-state index in [4.69, 9.17) is 4.98 Å².